The summed E-state index contributed by atoms with van der Waals surface area (Å²) in [7, 11) is 0. The number of urea groups is 1. The van der Waals surface area contributed by atoms with Gasteiger partial charge in [-0.05, 0) is 37.0 Å². The van der Waals surface area contributed by atoms with E-state index in [0.29, 0.717) is 54.3 Å². The molecule has 0 aromatic carbocycles. The summed E-state index contributed by atoms with van der Waals surface area (Å²) in [5, 5.41) is 6.23. The number of pyridine rings is 2. The Morgan fingerprint density at radius 3 is 2.89 bits per heavy atom. The lowest BCUT2D eigenvalue weighted by Gasteiger charge is -2.34. The van der Waals surface area contributed by atoms with Crippen LogP contribution in [0.3, 0.4) is 0 Å². The number of rotatable bonds is 7. The van der Waals surface area contributed by atoms with Crippen molar-refractivity contribution in [3.8, 4) is 5.88 Å². The zero-order chi connectivity index (χ0) is 26.3. The van der Waals surface area contributed by atoms with Crippen molar-refractivity contribution in [1.29, 1.82) is 0 Å². The molecule has 0 radical (unpaired) electrons. The van der Waals surface area contributed by atoms with Crippen molar-refractivity contribution in [3.63, 3.8) is 0 Å². The van der Waals surface area contributed by atoms with Gasteiger partial charge in [0.1, 0.15) is 10.3 Å². The van der Waals surface area contributed by atoms with Gasteiger partial charge in [0.05, 0.1) is 30.2 Å². The molecule has 0 spiro atoms. The van der Waals surface area contributed by atoms with E-state index in [1.165, 1.54) is 17.8 Å². The van der Waals surface area contributed by atoms with Crippen molar-refractivity contribution < 1.29 is 19.1 Å². The lowest BCUT2D eigenvalue weighted by atomic mass is 9.99. The number of carbonyl (C=O) groups excluding carboxylic acids is 3. The molecule has 3 atom stereocenters. The Balaban J connectivity index is 1.36. The fourth-order valence-electron chi connectivity index (χ4n) is 4.84. The average molecular weight is 523 g/mol. The first-order valence-corrected chi connectivity index (χ1v) is 13.2. The van der Waals surface area contributed by atoms with E-state index in [9.17, 15) is 14.4 Å². The van der Waals surface area contributed by atoms with Crippen LogP contribution >= 0.6 is 11.8 Å². The molecule has 2 N–H and O–H groups in total. The van der Waals surface area contributed by atoms with Gasteiger partial charge in [-0.1, -0.05) is 32.2 Å². The van der Waals surface area contributed by atoms with E-state index in [1.807, 2.05) is 13.0 Å². The highest BCUT2D eigenvalue weighted by Crippen LogP contribution is 2.50. The van der Waals surface area contributed by atoms with Gasteiger partial charge in [-0.2, -0.15) is 0 Å². The fourth-order valence-corrected chi connectivity index (χ4v) is 6.08. The summed E-state index contributed by atoms with van der Waals surface area (Å²) >= 11 is 1.34. The van der Waals surface area contributed by atoms with E-state index < -0.39 is 11.3 Å². The van der Waals surface area contributed by atoms with Crippen LogP contribution < -0.4 is 20.3 Å². The Labute approximate surface area is 219 Å². The third-order valence-corrected chi connectivity index (χ3v) is 7.94. The van der Waals surface area contributed by atoms with Crippen molar-refractivity contribution >= 4 is 41.0 Å². The maximum absolute atomic E-state index is 13.4. The maximum Gasteiger partial charge on any atom is 0.327 e. The molecule has 0 bridgehead atoms. The number of likely N-dealkylation sites (tertiary alicyclic amines) is 1. The van der Waals surface area contributed by atoms with E-state index in [0.717, 1.165) is 11.1 Å². The van der Waals surface area contributed by atoms with Crippen molar-refractivity contribution in [2.24, 2.45) is 5.92 Å². The van der Waals surface area contributed by atoms with Crippen molar-refractivity contribution in [1.82, 2.24) is 25.5 Å². The molecule has 3 aliphatic heterocycles. The van der Waals surface area contributed by atoms with Crippen molar-refractivity contribution in [2.45, 2.75) is 49.6 Å². The highest BCUT2D eigenvalue weighted by molar-refractivity contribution is 8.01. The third kappa shape index (κ3) is 4.75. The first kappa shape index (κ1) is 25.1. The SMILES string of the molecule is C=CC(=O)N1CCC(NC(=O)[C@@H]2Sc3nccc4c3C2NC(=O)N4c2cnc(OCC(C)C)cc2C)C1. The van der Waals surface area contributed by atoms with E-state index in [4.69, 9.17) is 4.74 Å². The normalized spacial score (nSPS) is 22.1. The monoisotopic (exact) mass is 522 g/mol. The number of anilines is 2. The van der Waals surface area contributed by atoms with Crippen LogP contribution in [-0.4, -0.2) is 63.7 Å². The molecule has 1 fully saturated rings. The van der Waals surface area contributed by atoms with Gasteiger partial charge in [0.15, 0.2) is 0 Å². The summed E-state index contributed by atoms with van der Waals surface area (Å²) in [5.41, 5.74) is 2.98. The Morgan fingerprint density at radius 2 is 2.16 bits per heavy atom. The predicted octanol–water partition coefficient (Wildman–Crippen LogP) is 3.10. The van der Waals surface area contributed by atoms with Crippen LogP contribution in [0, 0.1) is 12.8 Å². The largest absolute Gasteiger partial charge is 0.477 e. The zero-order valence-corrected chi connectivity index (χ0v) is 21.9. The number of thioether (sulfide) groups is 1. The molecule has 1 saturated heterocycles. The number of amides is 4. The first-order chi connectivity index (χ1) is 17.8. The van der Waals surface area contributed by atoms with E-state index in [-0.39, 0.29) is 23.9 Å². The molecule has 10 nitrogen and oxygen atoms in total. The highest BCUT2D eigenvalue weighted by atomic mass is 32.2. The van der Waals surface area contributed by atoms with E-state index >= 15 is 0 Å². The molecular formula is C26H30N6O4S. The molecule has 2 aromatic heterocycles. The molecule has 5 rings (SSSR count). The van der Waals surface area contributed by atoms with Crippen LogP contribution in [0.2, 0.25) is 0 Å². The van der Waals surface area contributed by atoms with Crippen LogP contribution in [0.5, 0.6) is 5.88 Å². The van der Waals surface area contributed by atoms with Gasteiger partial charge < -0.3 is 20.3 Å². The second-order valence-corrected chi connectivity index (χ2v) is 11.0. The van der Waals surface area contributed by atoms with E-state index in [2.05, 4.69) is 41.0 Å². The van der Waals surface area contributed by atoms with Crippen LogP contribution in [-0.2, 0) is 9.59 Å². The molecular weight excluding hydrogens is 492 g/mol. The van der Waals surface area contributed by atoms with Gasteiger partial charge in [-0.3, -0.25) is 14.5 Å². The molecule has 2 aromatic rings. The molecule has 0 aliphatic carbocycles. The van der Waals surface area contributed by atoms with Gasteiger partial charge in [-0.15, -0.1) is 0 Å². The summed E-state index contributed by atoms with van der Waals surface area (Å²) in [4.78, 5) is 50.8. The number of aryl methyl sites for hydroxylation is 1. The van der Waals surface area contributed by atoms with Crippen LogP contribution in [0.25, 0.3) is 0 Å². The van der Waals surface area contributed by atoms with Gasteiger partial charge >= 0.3 is 6.03 Å². The Hall–Kier alpha value is -3.60. The summed E-state index contributed by atoms with van der Waals surface area (Å²) in [6, 6.07) is 2.63. The predicted molar refractivity (Wildman–Crippen MR) is 140 cm³/mol. The second kappa shape index (κ2) is 10.0. The van der Waals surface area contributed by atoms with E-state index in [1.54, 1.807) is 28.3 Å². The average Bonchev–Trinajstić information content (AvgIpc) is 3.49. The maximum atomic E-state index is 13.4. The first-order valence-electron chi connectivity index (χ1n) is 12.3. The Bertz CT molecular complexity index is 1270. The number of ether oxygens (including phenoxy) is 1. The lowest BCUT2D eigenvalue weighted by molar-refractivity contribution is -0.126. The number of carbonyl (C=O) groups is 3. The van der Waals surface area contributed by atoms with Crippen LogP contribution in [0.15, 0.2) is 42.2 Å². The van der Waals surface area contributed by atoms with Crippen LogP contribution in [0.1, 0.15) is 37.4 Å². The number of aromatic nitrogens is 2. The molecule has 2 unspecified atom stereocenters. The summed E-state index contributed by atoms with van der Waals surface area (Å²) in [5.74, 6) is 0.556. The van der Waals surface area contributed by atoms with Gasteiger partial charge in [-0.25, -0.2) is 14.8 Å². The van der Waals surface area contributed by atoms with Gasteiger partial charge in [0.2, 0.25) is 17.7 Å². The minimum atomic E-state index is -0.565. The molecule has 4 amide bonds. The fraction of sp³-hybridized carbons (Fsp3) is 0.423. The van der Waals surface area contributed by atoms with Gasteiger partial charge in [0.25, 0.3) is 0 Å². The number of nitrogens with zero attached hydrogens (tertiary/aromatic N) is 4. The summed E-state index contributed by atoms with van der Waals surface area (Å²) in [6.45, 7) is 11.1. The molecule has 11 heteroatoms. The molecule has 194 valence electrons. The Morgan fingerprint density at radius 1 is 1.35 bits per heavy atom. The highest BCUT2D eigenvalue weighted by Gasteiger charge is 2.47. The zero-order valence-electron chi connectivity index (χ0n) is 21.1. The molecule has 5 heterocycles. The summed E-state index contributed by atoms with van der Waals surface area (Å²) in [6.07, 6.45) is 5.25. The molecule has 3 aliphatic rings. The lowest BCUT2D eigenvalue weighted by Crippen LogP contribution is -2.50. The number of hydrogen-bond acceptors (Lipinski definition) is 7. The smallest absolute Gasteiger partial charge is 0.327 e. The topological polar surface area (TPSA) is 117 Å². The minimum Gasteiger partial charge on any atom is -0.477 e. The number of hydrogen-bond donors (Lipinski definition) is 2. The van der Waals surface area contributed by atoms with Crippen molar-refractivity contribution in [2.75, 3.05) is 24.6 Å². The second-order valence-electron chi connectivity index (χ2n) is 9.85. The van der Waals surface area contributed by atoms with Crippen LogP contribution in [0.4, 0.5) is 16.2 Å². The quantitative estimate of drug-likeness (QED) is 0.537. The minimum absolute atomic E-state index is 0.142. The standard InChI is InChI=1S/C26H30N6O4S/c1-5-20(33)31-9-7-16(12-31)29-24(34)23-22-21-17(6-8-27-25(21)37-23)32(26(35)30-22)18-11-28-19(10-15(18)4)36-13-14(2)3/h5-6,8,10-11,14,16,22-23H,1,7,9,12-13H2,2-4H3,(H,29,34)(H,30,35)/t16?,22?,23-/m1/s1. The van der Waals surface area contributed by atoms with Gasteiger partial charge in [0, 0.05) is 37.0 Å². The molecule has 37 heavy (non-hydrogen) atoms. The number of nitrogens with one attached hydrogen (secondary N) is 2. The molecule has 0 saturated carbocycles. The summed E-state index contributed by atoms with van der Waals surface area (Å²) < 4.78 is 5.74. The van der Waals surface area contributed by atoms with Crippen molar-refractivity contribution in [3.05, 3.63) is 48.3 Å². The third-order valence-electron chi connectivity index (χ3n) is 6.65. The Kier molecular flexibility index (Phi) is 6.80.